The van der Waals surface area contributed by atoms with Crippen molar-refractivity contribution in [2.45, 2.75) is 20.5 Å². The average molecular weight is 461 g/mol. The quantitative estimate of drug-likeness (QED) is 0.428. The number of hydrazone groups is 1. The van der Waals surface area contributed by atoms with Crippen molar-refractivity contribution in [2.24, 2.45) is 5.10 Å². The molecule has 3 aromatic carbocycles. The van der Waals surface area contributed by atoms with Crippen LogP contribution in [0.4, 0.5) is 5.69 Å². The molecule has 4 nitrogen and oxygen atoms in total. The summed E-state index contributed by atoms with van der Waals surface area (Å²) < 4.78 is 6.78. The molecule has 30 heavy (non-hydrogen) atoms. The molecule has 0 bridgehead atoms. The molecule has 0 spiro atoms. The van der Waals surface area contributed by atoms with Crippen molar-refractivity contribution in [2.75, 3.05) is 5.01 Å². The Bertz CT molecular complexity index is 1140. The van der Waals surface area contributed by atoms with Gasteiger partial charge in [0.1, 0.15) is 12.4 Å². The summed E-state index contributed by atoms with van der Waals surface area (Å²) in [4.78, 5) is 12.9. The predicted octanol–water partition coefficient (Wildman–Crippen LogP) is 6.14. The third-order valence-electron chi connectivity index (χ3n) is 4.85. The van der Waals surface area contributed by atoms with Gasteiger partial charge in [-0.25, -0.2) is 0 Å². The van der Waals surface area contributed by atoms with Gasteiger partial charge in [0.15, 0.2) is 0 Å². The average Bonchev–Trinajstić information content (AvgIpc) is 3.03. The summed E-state index contributed by atoms with van der Waals surface area (Å²) in [5.41, 5.74) is 5.27. The van der Waals surface area contributed by atoms with E-state index >= 15 is 0 Å². The topological polar surface area (TPSA) is 41.9 Å². The molecule has 0 saturated carbocycles. The maximum absolute atomic E-state index is 12.9. The normalized spacial score (nSPS) is 14.9. The minimum atomic E-state index is -0.130. The summed E-state index contributed by atoms with van der Waals surface area (Å²) in [6.45, 7) is 4.41. The van der Waals surface area contributed by atoms with Crippen molar-refractivity contribution in [3.05, 3.63) is 99.5 Å². The van der Waals surface area contributed by atoms with Crippen LogP contribution in [0.2, 0.25) is 0 Å². The van der Waals surface area contributed by atoms with Crippen molar-refractivity contribution in [1.29, 1.82) is 0 Å². The molecule has 0 N–H and O–H groups in total. The first-order valence-electron chi connectivity index (χ1n) is 9.66. The van der Waals surface area contributed by atoms with E-state index in [1.807, 2.05) is 61.5 Å². The highest BCUT2D eigenvalue weighted by molar-refractivity contribution is 9.10. The number of ether oxygens (including phenoxy) is 1. The van der Waals surface area contributed by atoms with Gasteiger partial charge in [0.25, 0.3) is 5.91 Å². The van der Waals surface area contributed by atoms with Crippen molar-refractivity contribution in [3.8, 4) is 5.75 Å². The Kier molecular flexibility index (Phi) is 5.81. The molecule has 1 aliphatic rings. The molecule has 0 aliphatic carbocycles. The largest absolute Gasteiger partial charge is 0.488 e. The van der Waals surface area contributed by atoms with Crippen LogP contribution >= 0.6 is 15.9 Å². The van der Waals surface area contributed by atoms with Crippen LogP contribution in [0.15, 0.2) is 87.9 Å². The van der Waals surface area contributed by atoms with Crippen molar-refractivity contribution in [3.63, 3.8) is 0 Å². The molecule has 0 unspecified atom stereocenters. The standard InChI is InChI=1S/C25H21BrN2O2/c1-17-8-10-19(11-9-17)16-30-24-13-12-20(15-23(24)26)14-22-18(2)27-28(25(22)29)21-6-4-3-5-7-21/h3-15H,16H2,1-2H3/b22-14+. The summed E-state index contributed by atoms with van der Waals surface area (Å²) >= 11 is 3.58. The minimum Gasteiger partial charge on any atom is -0.488 e. The minimum absolute atomic E-state index is 0.130. The molecule has 0 atom stereocenters. The third kappa shape index (κ3) is 4.36. The number of hydrogen-bond acceptors (Lipinski definition) is 3. The number of hydrogen-bond donors (Lipinski definition) is 0. The highest BCUT2D eigenvalue weighted by Crippen LogP contribution is 2.29. The van der Waals surface area contributed by atoms with Gasteiger partial charge >= 0.3 is 0 Å². The van der Waals surface area contributed by atoms with Crippen LogP contribution < -0.4 is 9.75 Å². The molecular weight excluding hydrogens is 440 g/mol. The van der Waals surface area contributed by atoms with Gasteiger partial charge in [0.05, 0.1) is 21.4 Å². The summed E-state index contributed by atoms with van der Waals surface area (Å²) in [7, 11) is 0. The summed E-state index contributed by atoms with van der Waals surface area (Å²) in [5, 5.41) is 5.86. The van der Waals surface area contributed by atoms with Gasteiger partial charge in [-0.05, 0) is 71.2 Å². The summed E-state index contributed by atoms with van der Waals surface area (Å²) in [6, 6.07) is 23.5. The van der Waals surface area contributed by atoms with E-state index in [0.717, 1.165) is 27.0 Å². The Balaban J connectivity index is 1.50. The smallest absolute Gasteiger partial charge is 0.280 e. The number of anilines is 1. The van der Waals surface area contributed by atoms with E-state index in [1.165, 1.54) is 10.6 Å². The van der Waals surface area contributed by atoms with E-state index in [-0.39, 0.29) is 5.91 Å². The lowest BCUT2D eigenvalue weighted by Gasteiger charge is -2.11. The Morgan fingerprint density at radius 2 is 1.73 bits per heavy atom. The van der Waals surface area contributed by atoms with E-state index in [0.29, 0.717) is 17.9 Å². The molecule has 0 radical (unpaired) electrons. The monoisotopic (exact) mass is 460 g/mol. The maximum atomic E-state index is 12.9. The van der Waals surface area contributed by atoms with Crippen LogP contribution in [-0.2, 0) is 11.4 Å². The third-order valence-corrected chi connectivity index (χ3v) is 5.46. The number of halogens is 1. The molecule has 1 aliphatic heterocycles. The van der Waals surface area contributed by atoms with Gasteiger partial charge in [0.2, 0.25) is 0 Å². The number of carbonyl (C=O) groups excluding carboxylic acids is 1. The van der Waals surface area contributed by atoms with Gasteiger partial charge in [0, 0.05) is 0 Å². The van der Waals surface area contributed by atoms with Gasteiger partial charge in [-0.3, -0.25) is 4.79 Å². The molecule has 3 aromatic rings. The number of para-hydroxylation sites is 1. The van der Waals surface area contributed by atoms with Gasteiger partial charge in [-0.2, -0.15) is 10.1 Å². The van der Waals surface area contributed by atoms with Gasteiger partial charge in [-0.15, -0.1) is 0 Å². The van der Waals surface area contributed by atoms with Crippen LogP contribution in [0, 0.1) is 6.92 Å². The fourth-order valence-corrected chi connectivity index (χ4v) is 3.68. The fraction of sp³-hybridized carbons (Fsp3) is 0.120. The van der Waals surface area contributed by atoms with E-state index in [4.69, 9.17) is 4.74 Å². The molecule has 150 valence electrons. The van der Waals surface area contributed by atoms with Crippen molar-refractivity contribution >= 4 is 39.3 Å². The summed E-state index contributed by atoms with van der Waals surface area (Å²) in [5.74, 6) is 0.626. The Hall–Kier alpha value is -3.18. The molecule has 0 fully saturated rings. The van der Waals surface area contributed by atoms with Gasteiger partial charge in [-0.1, -0.05) is 54.1 Å². The number of carbonyl (C=O) groups is 1. The van der Waals surface area contributed by atoms with Crippen LogP contribution in [0.3, 0.4) is 0 Å². The maximum Gasteiger partial charge on any atom is 0.280 e. The molecule has 1 amide bonds. The van der Waals surface area contributed by atoms with Gasteiger partial charge < -0.3 is 4.74 Å². The predicted molar refractivity (Wildman–Crippen MR) is 125 cm³/mol. The Morgan fingerprint density at radius 3 is 2.43 bits per heavy atom. The fourth-order valence-electron chi connectivity index (χ4n) is 3.16. The van der Waals surface area contributed by atoms with E-state index in [1.54, 1.807) is 0 Å². The SMILES string of the molecule is CC1=NN(c2ccccc2)C(=O)/C1=C/c1ccc(OCc2ccc(C)cc2)c(Br)c1. The lowest BCUT2D eigenvalue weighted by Crippen LogP contribution is -2.21. The van der Waals surface area contributed by atoms with Crippen LogP contribution in [0.5, 0.6) is 5.75 Å². The molecule has 0 aromatic heterocycles. The molecule has 5 heteroatoms. The van der Waals surface area contributed by atoms with Crippen LogP contribution in [0.25, 0.3) is 6.08 Å². The second-order valence-electron chi connectivity index (χ2n) is 7.16. The number of benzene rings is 3. The molecule has 4 rings (SSSR count). The van der Waals surface area contributed by atoms with E-state index < -0.39 is 0 Å². The lowest BCUT2D eigenvalue weighted by atomic mass is 10.1. The lowest BCUT2D eigenvalue weighted by molar-refractivity contribution is -0.114. The highest BCUT2D eigenvalue weighted by Gasteiger charge is 2.28. The summed E-state index contributed by atoms with van der Waals surface area (Å²) in [6.07, 6.45) is 1.86. The van der Waals surface area contributed by atoms with Crippen LogP contribution in [0.1, 0.15) is 23.6 Å². The number of amides is 1. The van der Waals surface area contributed by atoms with Crippen molar-refractivity contribution < 1.29 is 9.53 Å². The molecule has 0 saturated heterocycles. The molecular formula is C25H21BrN2O2. The molecule has 1 heterocycles. The first kappa shape index (κ1) is 20.1. The second kappa shape index (κ2) is 8.67. The zero-order valence-electron chi connectivity index (χ0n) is 16.8. The van der Waals surface area contributed by atoms with E-state index in [9.17, 15) is 4.79 Å². The Morgan fingerprint density at radius 1 is 1.00 bits per heavy atom. The zero-order chi connectivity index (χ0) is 21.1. The van der Waals surface area contributed by atoms with Crippen LogP contribution in [-0.4, -0.2) is 11.6 Å². The zero-order valence-corrected chi connectivity index (χ0v) is 18.4. The first-order valence-corrected chi connectivity index (χ1v) is 10.5. The van der Waals surface area contributed by atoms with E-state index in [2.05, 4.69) is 52.2 Å². The first-order chi connectivity index (χ1) is 14.5. The number of nitrogens with zero attached hydrogens (tertiary/aromatic N) is 2. The highest BCUT2D eigenvalue weighted by atomic mass is 79.9. The number of rotatable bonds is 5. The Labute approximate surface area is 184 Å². The number of aryl methyl sites for hydroxylation is 1. The van der Waals surface area contributed by atoms with Crippen molar-refractivity contribution in [1.82, 2.24) is 0 Å². The second-order valence-corrected chi connectivity index (χ2v) is 8.01.